The number of aromatic nitrogens is 4. The second-order valence-corrected chi connectivity index (χ2v) is 25.3. The molecule has 3 aromatic heterocycles. The normalized spacial score (nSPS) is 12.4. The monoisotopic (exact) mass is 1220 g/mol. The zero-order valence-corrected chi connectivity index (χ0v) is 48.0. The maximum Gasteiger partial charge on any atom is 0.320 e. The van der Waals surface area contributed by atoms with Gasteiger partial charge < -0.3 is 28.9 Å². The van der Waals surface area contributed by atoms with Crippen LogP contribution >= 0.6 is 0 Å². The van der Waals surface area contributed by atoms with Gasteiger partial charge >= 0.3 is 23.9 Å². The molecule has 0 unspecified atom stereocenters. The number of H-pyrrole nitrogens is 2. The number of esters is 4. The Labute approximate surface area is 481 Å². The summed E-state index contributed by atoms with van der Waals surface area (Å²) in [5.41, 5.74) is 7.04. The molecule has 0 saturated heterocycles. The van der Waals surface area contributed by atoms with Crippen LogP contribution in [0.5, 0.6) is 0 Å². The molecule has 0 saturated carbocycles. The van der Waals surface area contributed by atoms with Crippen LogP contribution in [0.25, 0.3) is 90.9 Å². The van der Waals surface area contributed by atoms with Crippen molar-refractivity contribution in [3.63, 3.8) is 0 Å². The predicted octanol–water partition coefficient (Wildman–Crippen LogP) is 5.13. The van der Waals surface area contributed by atoms with Crippen molar-refractivity contribution in [2.75, 3.05) is 54.6 Å². The number of fused-ring (bicyclic) bond motifs is 8. The minimum atomic E-state index is -4.21. The summed E-state index contributed by atoms with van der Waals surface area (Å²) in [4.78, 5) is 64.2. The Balaban J connectivity index is 1.33. The highest BCUT2D eigenvalue weighted by Gasteiger charge is 2.24. The molecule has 24 nitrogen and oxygen atoms in total. The van der Waals surface area contributed by atoms with E-state index in [0.717, 1.165) is 28.4 Å². The van der Waals surface area contributed by atoms with Gasteiger partial charge in [-0.3, -0.25) is 19.2 Å². The Bertz CT molecular complexity index is 3920. The summed E-state index contributed by atoms with van der Waals surface area (Å²) in [5, 5.41) is 0. The van der Waals surface area contributed by atoms with Gasteiger partial charge in [-0.05, 0) is 119 Å². The number of carbonyl (C=O) groups is 4. The Hall–Kier alpha value is -9.00. The SMILES string of the molecule is COC(=O)CNS(=O)(=O)c1ccc(-c2c3nc(c(-c4ccc(S(=O)(=O)NCC(=O)OC)cc4)c4ccc([nH]4)c(-c4ccc(S(=O)(=O)NCC(=O)OC)cc4)c4nc(c(-c5ccc(S(=O)(=O)NCC(=O)OC)cc5)c5ccc2[nH]5)C=C4)C=C3)cc1. The van der Waals surface area contributed by atoms with Crippen LogP contribution in [0.2, 0.25) is 0 Å². The number of carbonyl (C=O) groups excluding carboxylic acids is 4. The number of methoxy groups -OCH3 is 4. The van der Waals surface area contributed by atoms with E-state index >= 15 is 0 Å². The lowest BCUT2D eigenvalue weighted by Crippen LogP contribution is -2.30. The fourth-order valence-corrected chi connectivity index (χ4v) is 12.7. The van der Waals surface area contributed by atoms with Crippen LogP contribution in [0.4, 0.5) is 0 Å². The molecule has 0 atom stereocenters. The minimum Gasteiger partial charge on any atom is -0.468 e. The average molecular weight is 1220 g/mol. The van der Waals surface area contributed by atoms with Crippen LogP contribution in [-0.2, 0) is 78.2 Å². The Morgan fingerprint density at radius 3 is 0.702 bits per heavy atom. The highest BCUT2D eigenvalue weighted by atomic mass is 32.2. The topological polar surface area (TPSA) is 347 Å². The van der Waals surface area contributed by atoms with E-state index in [0.29, 0.717) is 89.4 Å². The Kier molecular flexibility index (Phi) is 17.4. The fraction of sp³-hybridized carbons (Fsp3) is 0.143. The first-order valence-electron chi connectivity index (χ1n) is 24.9. The van der Waals surface area contributed by atoms with Crippen molar-refractivity contribution in [3.8, 4) is 44.5 Å². The van der Waals surface area contributed by atoms with E-state index in [9.17, 15) is 52.8 Å². The van der Waals surface area contributed by atoms with Crippen LogP contribution in [0, 0.1) is 0 Å². The van der Waals surface area contributed by atoms with Gasteiger partial charge in [0.1, 0.15) is 26.2 Å². The van der Waals surface area contributed by atoms with E-state index in [1.165, 1.54) is 48.5 Å². The van der Waals surface area contributed by atoms with Crippen molar-refractivity contribution in [1.29, 1.82) is 0 Å². The number of ether oxygens (including phenoxy) is 4. The molecule has 84 heavy (non-hydrogen) atoms. The van der Waals surface area contributed by atoms with Crippen molar-refractivity contribution in [2.24, 2.45) is 0 Å². The molecule has 9 rings (SSSR count). The van der Waals surface area contributed by atoms with Crippen LogP contribution in [-0.4, -0.2) is 132 Å². The van der Waals surface area contributed by atoms with Gasteiger partial charge in [0.2, 0.25) is 40.1 Å². The van der Waals surface area contributed by atoms with Crippen molar-refractivity contribution >= 4 is 110 Å². The summed E-state index contributed by atoms with van der Waals surface area (Å²) in [5.74, 6) is -3.21. The molecule has 2 aliphatic heterocycles. The second-order valence-electron chi connectivity index (χ2n) is 18.2. The largest absolute Gasteiger partial charge is 0.468 e. The molecule has 434 valence electrons. The number of nitrogens with one attached hydrogen (secondary N) is 6. The first-order valence-corrected chi connectivity index (χ1v) is 30.8. The van der Waals surface area contributed by atoms with Crippen LogP contribution < -0.4 is 18.9 Å². The van der Waals surface area contributed by atoms with Crippen molar-refractivity contribution < 1.29 is 71.8 Å². The van der Waals surface area contributed by atoms with Crippen LogP contribution in [0.3, 0.4) is 0 Å². The zero-order valence-electron chi connectivity index (χ0n) is 44.7. The van der Waals surface area contributed by atoms with E-state index in [1.54, 1.807) is 97.1 Å². The fourth-order valence-electron chi connectivity index (χ4n) is 8.86. The Morgan fingerprint density at radius 2 is 0.524 bits per heavy atom. The van der Waals surface area contributed by atoms with Gasteiger partial charge in [0, 0.05) is 44.3 Å². The van der Waals surface area contributed by atoms with Crippen molar-refractivity contribution in [2.45, 2.75) is 19.6 Å². The standard InChI is InChI=1S/C56H50N8O16S4/c1-77-49(65)29-57-81(69,70)37-13-5-33(6-14-37)53-41-21-23-43(61-41)54(34-7-15-38(16-8-34)82(71,72)58-30-50(66)78-2)45-25-27-47(63-45)56(36-11-19-40(20-12-36)84(75,76)60-32-52(68)80-4)48-28-26-46(64-48)55(44-24-22-42(53)62-44)35-9-17-39(18-10-35)83(73,74)59-31-51(67)79-3/h5-28,57-61,64H,29-32H2,1-4H3. The van der Waals surface area contributed by atoms with Crippen molar-refractivity contribution in [1.82, 2.24) is 38.8 Å². The smallest absolute Gasteiger partial charge is 0.320 e. The third kappa shape index (κ3) is 12.9. The van der Waals surface area contributed by atoms with Crippen molar-refractivity contribution in [3.05, 3.63) is 144 Å². The first-order chi connectivity index (χ1) is 40.0. The summed E-state index contributed by atoms with van der Waals surface area (Å²) in [7, 11) is -12.3. The lowest BCUT2D eigenvalue weighted by Gasteiger charge is -2.10. The minimum absolute atomic E-state index is 0.166. The van der Waals surface area contributed by atoms with Crippen LogP contribution in [0.1, 0.15) is 22.8 Å². The molecular formula is C56H50N8O16S4. The maximum atomic E-state index is 13.3. The Morgan fingerprint density at radius 1 is 0.333 bits per heavy atom. The molecule has 8 bridgehead atoms. The molecule has 5 heterocycles. The van der Waals surface area contributed by atoms with Gasteiger partial charge in [-0.1, -0.05) is 48.5 Å². The third-order valence-corrected chi connectivity index (χ3v) is 18.8. The van der Waals surface area contributed by atoms with Gasteiger partial charge in [0.25, 0.3) is 0 Å². The van der Waals surface area contributed by atoms with E-state index in [2.05, 4.69) is 47.8 Å². The average Bonchev–Trinajstić information content (AvgIpc) is 2.56. The number of rotatable bonds is 20. The molecule has 0 radical (unpaired) electrons. The van der Waals surface area contributed by atoms with Gasteiger partial charge in [0.15, 0.2) is 0 Å². The summed E-state index contributed by atoms with van der Waals surface area (Å²) in [6.45, 7) is -2.46. The first kappa shape index (κ1) is 59.6. The molecule has 4 aromatic carbocycles. The lowest BCUT2D eigenvalue weighted by atomic mass is 10.0. The molecule has 7 aromatic rings. The number of benzene rings is 4. The molecule has 6 N–H and O–H groups in total. The molecular weight excluding hydrogens is 1170 g/mol. The predicted molar refractivity (Wildman–Crippen MR) is 309 cm³/mol. The molecule has 0 spiro atoms. The summed E-state index contributed by atoms with van der Waals surface area (Å²) >= 11 is 0. The van der Waals surface area contributed by atoms with E-state index in [1.807, 2.05) is 0 Å². The number of nitrogens with zero attached hydrogens (tertiary/aromatic N) is 2. The van der Waals surface area contributed by atoms with E-state index in [-0.39, 0.29) is 19.6 Å². The number of sulfonamides is 4. The molecule has 28 heteroatoms. The summed E-state index contributed by atoms with van der Waals surface area (Å²) in [6.07, 6.45) is 6.95. The molecule has 0 aliphatic carbocycles. The van der Waals surface area contributed by atoms with Gasteiger partial charge in [-0.15, -0.1) is 0 Å². The maximum absolute atomic E-state index is 13.3. The lowest BCUT2D eigenvalue weighted by molar-refractivity contribution is -0.140. The summed E-state index contributed by atoms with van der Waals surface area (Å²) in [6, 6.07) is 30.4. The zero-order chi connectivity index (χ0) is 60.1. The number of aromatic amines is 2. The number of hydrogen-bond acceptors (Lipinski definition) is 18. The van der Waals surface area contributed by atoms with Gasteiger partial charge in [-0.25, -0.2) is 43.6 Å². The highest BCUT2D eigenvalue weighted by molar-refractivity contribution is 7.90. The number of hydrogen-bond donors (Lipinski definition) is 6. The van der Waals surface area contributed by atoms with E-state index in [4.69, 9.17) is 9.97 Å². The third-order valence-electron chi connectivity index (χ3n) is 13.1. The summed E-state index contributed by atoms with van der Waals surface area (Å²) < 4.78 is 134. The molecule has 2 aliphatic rings. The van der Waals surface area contributed by atoms with Gasteiger partial charge in [0.05, 0.1) is 70.8 Å². The van der Waals surface area contributed by atoms with Gasteiger partial charge in [-0.2, -0.15) is 18.9 Å². The van der Waals surface area contributed by atoms with E-state index < -0.39 is 90.1 Å². The molecule has 0 fully saturated rings. The highest BCUT2D eigenvalue weighted by Crippen LogP contribution is 2.39. The quantitative estimate of drug-likeness (QED) is 0.0425. The van der Waals surface area contributed by atoms with Crippen LogP contribution in [0.15, 0.2) is 141 Å². The molecule has 0 amide bonds. The second kappa shape index (κ2) is 24.4.